The third-order valence-corrected chi connectivity index (χ3v) is 3.62. The lowest BCUT2D eigenvalue weighted by Gasteiger charge is -2.20. The van der Waals surface area contributed by atoms with E-state index < -0.39 is 23.9 Å². The minimum absolute atomic E-state index is 0.271. The van der Waals surface area contributed by atoms with Gasteiger partial charge in [0.1, 0.15) is 11.9 Å². The number of carboxylic acid groups (broad SMARTS) is 1. The summed E-state index contributed by atoms with van der Waals surface area (Å²) in [6, 6.07) is 4.71. The summed E-state index contributed by atoms with van der Waals surface area (Å²) in [5.74, 6) is -1.27. The molecule has 6 heteroatoms. The van der Waals surface area contributed by atoms with Crippen LogP contribution in [0.15, 0.2) is 24.3 Å². The van der Waals surface area contributed by atoms with Gasteiger partial charge < -0.3 is 15.2 Å². The van der Waals surface area contributed by atoms with Gasteiger partial charge >= 0.3 is 5.97 Å². The summed E-state index contributed by atoms with van der Waals surface area (Å²) in [7, 11) is 0. The fourth-order valence-corrected chi connectivity index (χ4v) is 2.05. The first-order valence-electron chi connectivity index (χ1n) is 7.35. The minimum atomic E-state index is -1.04. The number of carbonyl (C=O) groups excluding carboxylic acids is 1. The van der Waals surface area contributed by atoms with E-state index in [0.29, 0.717) is 18.1 Å². The van der Waals surface area contributed by atoms with Gasteiger partial charge in [-0.2, -0.15) is 0 Å². The highest BCUT2D eigenvalue weighted by Gasteiger charge is 2.25. The zero-order valence-electron chi connectivity index (χ0n) is 12.4. The average Bonchev–Trinajstić information content (AvgIpc) is 3.28. The highest BCUT2D eigenvalue weighted by Crippen LogP contribution is 2.29. The van der Waals surface area contributed by atoms with Crippen LogP contribution in [0.4, 0.5) is 4.39 Å². The summed E-state index contributed by atoms with van der Waals surface area (Å²) in [6.45, 7) is 2.19. The van der Waals surface area contributed by atoms with E-state index >= 15 is 0 Å². The van der Waals surface area contributed by atoms with Crippen molar-refractivity contribution in [3.05, 3.63) is 35.6 Å². The second kappa shape index (κ2) is 7.35. The standard InChI is InChI=1S/C16H20FNO4/c1-10(22-9-11-2-3-11)16(21)18-14(8-15(19)20)12-4-6-13(17)7-5-12/h4-7,10-11,14H,2-3,8-9H2,1H3,(H,18,21)(H,19,20)/t10-,14-/m1/s1. The molecule has 120 valence electrons. The Hall–Kier alpha value is -1.95. The van der Waals surface area contributed by atoms with Gasteiger partial charge in [-0.15, -0.1) is 0 Å². The summed E-state index contributed by atoms with van der Waals surface area (Å²) in [5.41, 5.74) is 0.548. The molecule has 1 fully saturated rings. The number of carboxylic acids is 1. The molecule has 1 aliphatic rings. The van der Waals surface area contributed by atoms with Crippen LogP contribution in [-0.2, 0) is 14.3 Å². The maximum absolute atomic E-state index is 13.0. The first-order valence-corrected chi connectivity index (χ1v) is 7.35. The Morgan fingerprint density at radius 1 is 1.36 bits per heavy atom. The van der Waals surface area contributed by atoms with Gasteiger partial charge in [0.2, 0.25) is 5.91 Å². The van der Waals surface area contributed by atoms with E-state index in [1.54, 1.807) is 6.92 Å². The van der Waals surface area contributed by atoms with E-state index in [0.717, 1.165) is 12.8 Å². The Labute approximate surface area is 128 Å². The van der Waals surface area contributed by atoms with E-state index in [4.69, 9.17) is 9.84 Å². The number of amides is 1. The summed E-state index contributed by atoms with van der Waals surface area (Å²) >= 11 is 0. The minimum Gasteiger partial charge on any atom is -0.481 e. The van der Waals surface area contributed by atoms with Gasteiger partial charge in [0.25, 0.3) is 0 Å². The predicted octanol–water partition coefficient (Wildman–Crippen LogP) is 2.27. The molecule has 22 heavy (non-hydrogen) atoms. The summed E-state index contributed by atoms with van der Waals surface area (Å²) < 4.78 is 18.4. The Balaban J connectivity index is 1.96. The average molecular weight is 309 g/mol. The van der Waals surface area contributed by atoms with Crippen molar-refractivity contribution in [3.8, 4) is 0 Å². The maximum atomic E-state index is 13.0. The fourth-order valence-electron chi connectivity index (χ4n) is 2.05. The molecule has 0 radical (unpaired) electrons. The zero-order valence-corrected chi connectivity index (χ0v) is 12.4. The van der Waals surface area contributed by atoms with E-state index in [-0.39, 0.29) is 12.3 Å². The van der Waals surface area contributed by atoms with Gasteiger partial charge in [-0.05, 0) is 43.4 Å². The first kappa shape index (κ1) is 16.4. The van der Waals surface area contributed by atoms with E-state index in [2.05, 4.69) is 5.32 Å². The van der Waals surface area contributed by atoms with E-state index in [1.807, 2.05) is 0 Å². The highest BCUT2D eigenvalue weighted by molar-refractivity contribution is 5.81. The molecule has 1 saturated carbocycles. The van der Waals surface area contributed by atoms with Crippen LogP contribution in [-0.4, -0.2) is 29.7 Å². The van der Waals surface area contributed by atoms with E-state index in [9.17, 15) is 14.0 Å². The zero-order chi connectivity index (χ0) is 16.1. The number of aliphatic carboxylic acids is 1. The number of benzene rings is 1. The molecule has 0 spiro atoms. The van der Waals surface area contributed by atoms with Crippen LogP contribution >= 0.6 is 0 Å². The Kier molecular flexibility index (Phi) is 5.49. The smallest absolute Gasteiger partial charge is 0.305 e. The van der Waals surface area contributed by atoms with Crippen molar-refractivity contribution >= 4 is 11.9 Å². The molecule has 0 heterocycles. The Morgan fingerprint density at radius 3 is 2.55 bits per heavy atom. The van der Waals surface area contributed by atoms with Gasteiger partial charge in [-0.3, -0.25) is 9.59 Å². The summed E-state index contributed by atoms with van der Waals surface area (Å²) in [4.78, 5) is 23.1. The molecule has 1 amide bonds. The SMILES string of the molecule is C[C@@H](OCC1CC1)C(=O)N[C@H](CC(=O)O)c1ccc(F)cc1. The van der Waals surface area contributed by atoms with Crippen molar-refractivity contribution < 1.29 is 23.8 Å². The molecule has 0 bridgehead atoms. The molecular weight excluding hydrogens is 289 g/mol. The lowest BCUT2D eigenvalue weighted by atomic mass is 10.0. The molecule has 0 aromatic heterocycles. The van der Waals surface area contributed by atoms with Gasteiger partial charge in [0.15, 0.2) is 0 Å². The second-order valence-corrected chi connectivity index (χ2v) is 5.63. The molecule has 1 aliphatic carbocycles. The topological polar surface area (TPSA) is 75.6 Å². The van der Waals surface area contributed by atoms with Crippen molar-refractivity contribution in [1.82, 2.24) is 5.32 Å². The fraction of sp³-hybridized carbons (Fsp3) is 0.500. The van der Waals surface area contributed by atoms with Crippen molar-refractivity contribution in [2.45, 2.75) is 38.3 Å². The van der Waals surface area contributed by atoms with Crippen molar-refractivity contribution in [2.75, 3.05) is 6.61 Å². The molecule has 5 nitrogen and oxygen atoms in total. The normalized spacial score (nSPS) is 16.8. The maximum Gasteiger partial charge on any atom is 0.305 e. The molecule has 0 unspecified atom stereocenters. The van der Waals surface area contributed by atoms with Crippen molar-refractivity contribution in [3.63, 3.8) is 0 Å². The number of halogens is 1. The van der Waals surface area contributed by atoms with E-state index in [1.165, 1.54) is 24.3 Å². The molecule has 1 aromatic carbocycles. The van der Waals surface area contributed by atoms with Gasteiger partial charge in [-0.1, -0.05) is 12.1 Å². The third-order valence-electron chi connectivity index (χ3n) is 3.62. The molecule has 0 saturated heterocycles. The number of hydrogen-bond acceptors (Lipinski definition) is 3. The van der Waals surface area contributed by atoms with Crippen LogP contribution in [0.5, 0.6) is 0 Å². The van der Waals surface area contributed by atoms with Crippen LogP contribution in [0.1, 0.15) is 37.8 Å². The molecule has 2 rings (SSSR count). The van der Waals surface area contributed by atoms with Crippen LogP contribution in [0, 0.1) is 11.7 Å². The quantitative estimate of drug-likeness (QED) is 0.772. The predicted molar refractivity (Wildman–Crippen MR) is 77.7 cm³/mol. The Morgan fingerprint density at radius 2 is 2.00 bits per heavy atom. The Bertz CT molecular complexity index is 527. The van der Waals surface area contributed by atoms with Crippen molar-refractivity contribution in [2.24, 2.45) is 5.92 Å². The number of carbonyl (C=O) groups is 2. The lowest BCUT2D eigenvalue weighted by molar-refractivity contribution is -0.138. The molecule has 1 aromatic rings. The monoisotopic (exact) mass is 309 g/mol. The first-order chi connectivity index (χ1) is 10.5. The second-order valence-electron chi connectivity index (χ2n) is 5.63. The molecule has 0 aliphatic heterocycles. The third kappa shape index (κ3) is 5.11. The largest absolute Gasteiger partial charge is 0.481 e. The molecule has 2 atom stereocenters. The van der Waals surface area contributed by atoms with Crippen LogP contribution in [0.25, 0.3) is 0 Å². The van der Waals surface area contributed by atoms with Gasteiger partial charge in [0, 0.05) is 0 Å². The lowest BCUT2D eigenvalue weighted by Crippen LogP contribution is -2.38. The molecule has 2 N–H and O–H groups in total. The summed E-state index contributed by atoms with van der Waals surface area (Å²) in [5, 5.41) is 11.6. The molecular formula is C16H20FNO4. The number of rotatable bonds is 8. The summed E-state index contributed by atoms with van der Waals surface area (Å²) in [6.07, 6.45) is 1.35. The number of ether oxygens (including phenoxy) is 1. The van der Waals surface area contributed by atoms with Crippen LogP contribution < -0.4 is 5.32 Å². The van der Waals surface area contributed by atoms with Crippen molar-refractivity contribution in [1.29, 1.82) is 0 Å². The van der Waals surface area contributed by atoms with Crippen LogP contribution in [0.2, 0.25) is 0 Å². The number of nitrogens with one attached hydrogen (secondary N) is 1. The number of hydrogen-bond donors (Lipinski definition) is 2. The van der Waals surface area contributed by atoms with Gasteiger partial charge in [-0.25, -0.2) is 4.39 Å². The van der Waals surface area contributed by atoms with Gasteiger partial charge in [0.05, 0.1) is 19.1 Å². The van der Waals surface area contributed by atoms with Crippen LogP contribution in [0.3, 0.4) is 0 Å². The highest BCUT2D eigenvalue weighted by atomic mass is 19.1.